The van der Waals surface area contributed by atoms with Crippen molar-refractivity contribution in [3.05, 3.63) is 23.3 Å². The Bertz CT molecular complexity index is 472. The molecule has 1 atom stereocenters. The van der Waals surface area contributed by atoms with Gasteiger partial charge in [0.2, 0.25) is 0 Å². The predicted molar refractivity (Wildman–Crippen MR) is 72.3 cm³/mol. The van der Waals surface area contributed by atoms with Crippen LogP contribution in [0.1, 0.15) is 57.1 Å². The van der Waals surface area contributed by atoms with Gasteiger partial charge in [0.25, 0.3) is 0 Å². The van der Waals surface area contributed by atoms with Crippen LogP contribution in [-0.2, 0) is 6.42 Å². The largest absolute Gasteiger partial charge is 0.508 e. The zero-order valence-corrected chi connectivity index (χ0v) is 11.5. The molecule has 0 amide bonds. The maximum atomic E-state index is 9.85. The minimum atomic E-state index is 0.0909. The molecule has 2 heteroatoms. The zero-order chi connectivity index (χ0) is 12.9. The average Bonchev–Trinajstić information content (AvgIpc) is 2.24. The topological polar surface area (TPSA) is 29.5 Å². The number of ether oxygens (including phenoxy) is 1. The van der Waals surface area contributed by atoms with Crippen LogP contribution < -0.4 is 4.74 Å². The minimum Gasteiger partial charge on any atom is -0.508 e. The molecule has 3 rings (SSSR count). The Hall–Kier alpha value is -1.18. The highest BCUT2D eigenvalue weighted by Crippen LogP contribution is 2.50. The van der Waals surface area contributed by atoms with E-state index in [-0.39, 0.29) is 5.60 Å². The highest BCUT2D eigenvalue weighted by molar-refractivity contribution is 5.50. The van der Waals surface area contributed by atoms with Gasteiger partial charge in [0.15, 0.2) is 0 Å². The fourth-order valence-corrected chi connectivity index (χ4v) is 3.34. The van der Waals surface area contributed by atoms with E-state index in [9.17, 15) is 5.11 Å². The van der Waals surface area contributed by atoms with Crippen molar-refractivity contribution in [3.8, 4) is 11.5 Å². The second-order valence-electron chi connectivity index (χ2n) is 6.30. The van der Waals surface area contributed by atoms with Crippen molar-refractivity contribution >= 4 is 0 Å². The molecule has 0 aromatic heterocycles. The molecule has 1 aromatic rings. The molecule has 2 nitrogen and oxygen atoms in total. The van der Waals surface area contributed by atoms with Crippen LogP contribution in [-0.4, -0.2) is 10.7 Å². The fourth-order valence-electron chi connectivity index (χ4n) is 3.34. The van der Waals surface area contributed by atoms with Crippen LogP contribution in [0.3, 0.4) is 0 Å². The number of aromatic hydroxyl groups is 1. The molecular formula is C16H22O2. The first-order valence-corrected chi connectivity index (χ1v) is 7.06. The van der Waals surface area contributed by atoms with Gasteiger partial charge in [-0.05, 0) is 49.3 Å². The predicted octanol–water partition coefficient (Wildman–Crippen LogP) is 4.01. The average molecular weight is 246 g/mol. The van der Waals surface area contributed by atoms with Crippen molar-refractivity contribution in [2.45, 2.75) is 58.0 Å². The van der Waals surface area contributed by atoms with Crippen molar-refractivity contribution < 1.29 is 9.84 Å². The van der Waals surface area contributed by atoms with Crippen LogP contribution in [0.15, 0.2) is 12.1 Å². The van der Waals surface area contributed by atoms with E-state index in [1.807, 2.05) is 12.1 Å². The van der Waals surface area contributed by atoms with Gasteiger partial charge in [-0.15, -0.1) is 0 Å². The molecule has 1 aromatic carbocycles. The number of hydrogen-bond donors (Lipinski definition) is 1. The molecule has 1 saturated carbocycles. The third kappa shape index (κ3) is 1.62. The van der Waals surface area contributed by atoms with E-state index in [0.29, 0.717) is 17.6 Å². The summed E-state index contributed by atoms with van der Waals surface area (Å²) in [6.45, 7) is 6.59. The number of benzene rings is 1. The summed E-state index contributed by atoms with van der Waals surface area (Å²) in [4.78, 5) is 0. The Morgan fingerprint density at radius 2 is 2.06 bits per heavy atom. The molecule has 1 spiro atoms. The molecule has 1 fully saturated rings. The molecule has 1 aliphatic carbocycles. The first-order valence-electron chi connectivity index (χ1n) is 7.06. The van der Waals surface area contributed by atoms with Crippen molar-refractivity contribution in [3.63, 3.8) is 0 Å². The van der Waals surface area contributed by atoms with E-state index in [1.54, 1.807) is 0 Å². The standard InChI is InChI=1S/C16H22O2/c1-10(2)14-9-13(17)8-12-7-11(3)16(5-4-6-16)18-15(12)14/h8-11,17H,4-7H2,1-3H3. The van der Waals surface area contributed by atoms with Gasteiger partial charge in [-0.25, -0.2) is 0 Å². The monoisotopic (exact) mass is 246 g/mol. The maximum absolute atomic E-state index is 9.85. The molecular weight excluding hydrogens is 224 g/mol. The van der Waals surface area contributed by atoms with Crippen LogP contribution in [0, 0.1) is 5.92 Å². The molecule has 2 aliphatic rings. The minimum absolute atomic E-state index is 0.0909. The fraction of sp³-hybridized carbons (Fsp3) is 0.625. The number of fused-ring (bicyclic) bond motifs is 1. The molecule has 0 bridgehead atoms. The number of phenolic OH excluding ortho intramolecular Hbond substituents is 1. The SMILES string of the molecule is CC(C)c1cc(O)cc2c1OC1(CCC1)C(C)C2. The smallest absolute Gasteiger partial charge is 0.127 e. The van der Waals surface area contributed by atoms with Gasteiger partial charge in [0.1, 0.15) is 17.1 Å². The summed E-state index contributed by atoms with van der Waals surface area (Å²) in [7, 11) is 0. The summed E-state index contributed by atoms with van der Waals surface area (Å²) >= 11 is 0. The van der Waals surface area contributed by atoms with Crippen molar-refractivity contribution in [1.82, 2.24) is 0 Å². The summed E-state index contributed by atoms with van der Waals surface area (Å²) in [6.07, 6.45) is 4.69. The van der Waals surface area contributed by atoms with E-state index in [4.69, 9.17) is 4.74 Å². The highest BCUT2D eigenvalue weighted by atomic mass is 16.5. The van der Waals surface area contributed by atoms with Gasteiger partial charge in [-0.3, -0.25) is 0 Å². The van der Waals surface area contributed by atoms with Gasteiger partial charge in [0.05, 0.1) is 0 Å². The van der Waals surface area contributed by atoms with Crippen molar-refractivity contribution in [2.75, 3.05) is 0 Å². The second kappa shape index (κ2) is 3.91. The van der Waals surface area contributed by atoms with E-state index < -0.39 is 0 Å². The van der Waals surface area contributed by atoms with E-state index in [2.05, 4.69) is 20.8 Å². The maximum Gasteiger partial charge on any atom is 0.127 e. The van der Waals surface area contributed by atoms with Crippen LogP contribution in [0.2, 0.25) is 0 Å². The quantitative estimate of drug-likeness (QED) is 0.811. The van der Waals surface area contributed by atoms with Crippen LogP contribution in [0.5, 0.6) is 11.5 Å². The summed E-state index contributed by atoms with van der Waals surface area (Å²) in [6, 6.07) is 3.75. The van der Waals surface area contributed by atoms with E-state index >= 15 is 0 Å². The molecule has 1 heterocycles. The lowest BCUT2D eigenvalue weighted by atomic mass is 9.68. The number of rotatable bonds is 1. The third-order valence-electron chi connectivity index (χ3n) is 4.73. The Morgan fingerprint density at radius 1 is 1.33 bits per heavy atom. The summed E-state index contributed by atoms with van der Waals surface area (Å²) in [5, 5.41) is 9.85. The highest BCUT2D eigenvalue weighted by Gasteiger charge is 2.47. The third-order valence-corrected chi connectivity index (χ3v) is 4.73. The summed E-state index contributed by atoms with van der Waals surface area (Å²) < 4.78 is 6.40. The van der Waals surface area contributed by atoms with Crippen LogP contribution in [0.4, 0.5) is 0 Å². The number of phenols is 1. The number of hydrogen-bond acceptors (Lipinski definition) is 2. The Morgan fingerprint density at radius 3 is 2.61 bits per heavy atom. The Balaban J connectivity index is 2.07. The van der Waals surface area contributed by atoms with E-state index in [0.717, 1.165) is 17.7 Å². The Labute approximate surface area is 109 Å². The lowest BCUT2D eigenvalue weighted by Crippen LogP contribution is -2.52. The van der Waals surface area contributed by atoms with Gasteiger partial charge in [0, 0.05) is 11.5 Å². The Kier molecular flexibility index (Phi) is 2.58. The first kappa shape index (κ1) is 11.9. The van der Waals surface area contributed by atoms with Gasteiger partial charge in [-0.2, -0.15) is 0 Å². The summed E-state index contributed by atoms with van der Waals surface area (Å²) in [5.74, 6) is 2.37. The van der Waals surface area contributed by atoms with Crippen LogP contribution >= 0.6 is 0 Å². The van der Waals surface area contributed by atoms with Gasteiger partial charge in [-0.1, -0.05) is 20.8 Å². The normalized spacial score (nSPS) is 24.6. The molecule has 1 N–H and O–H groups in total. The molecule has 0 saturated heterocycles. The molecule has 1 aliphatic heterocycles. The first-order chi connectivity index (χ1) is 8.52. The van der Waals surface area contributed by atoms with Crippen molar-refractivity contribution in [2.24, 2.45) is 5.92 Å². The molecule has 1 unspecified atom stereocenters. The second-order valence-corrected chi connectivity index (χ2v) is 6.30. The molecule has 18 heavy (non-hydrogen) atoms. The lowest BCUT2D eigenvalue weighted by molar-refractivity contribution is -0.0659. The molecule has 0 radical (unpaired) electrons. The van der Waals surface area contributed by atoms with Crippen molar-refractivity contribution in [1.29, 1.82) is 0 Å². The lowest BCUT2D eigenvalue weighted by Gasteiger charge is -2.50. The summed E-state index contributed by atoms with van der Waals surface area (Å²) in [5.41, 5.74) is 2.43. The van der Waals surface area contributed by atoms with Gasteiger partial charge >= 0.3 is 0 Å². The van der Waals surface area contributed by atoms with E-state index in [1.165, 1.54) is 24.8 Å². The molecule has 98 valence electrons. The van der Waals surface area contributed by atoms with Crippen LogP contribution in [0.25, 0.3) is 0 Å². The van der Waals surface area contributed by atoms with Gasteiger partial charge < -0.3 is 9.84 Å². The zero-order valence-electron chi connectivity index (χ0n) is 11.5.